The fraction of sp³-hybridized carbons (Fsp3) is 0.250. The third kappa shape index (κ3) is 7.63. The molecule has 0 atom stereocenters. The van der Waals surface area contributed by atoms with Crippen LogP contribution in [0.25, 0.3) is 0 Å². The summed E-state index contributed by atoms with van der Waals surface area (Å²) in [5.74, 6) is -0.752. The number of nitrogens with one attached hydrogen (secondary N) is 3. The maximum Gasteiger partial charge on any atom is 0.264 e. The van der Waals surface area contributed by atoms with Crippen LogP contribution in [0.5, 0.6) is 5.75 Å². The van der Waals surface area contributed by atoms with Crippen molar-refractivity contribution in [3.8, 4) is 5.75 Å². The molecule has 3 N–H and O–H groups in total. The number of carbonyl (C=O) groups is 2. The van der Waals surface area contributed by atoms with Gasteiger partial charge >= 0.3 is 0 Å². The summed E-state index contributed by atoms with van der Waals surface area (Å²) < 4.78 is 36.6. The molecule has 0 heterocycles. The van der Waals surface area contributed by atoms with Crippen LogP contribution in [0.4, 0.5) is 5.69 Å². The van der Waals surface area contributed by atoms with Crippen molar-refractivity contribution < 1.29 is 27.5 Å². The Bertz CT molecular complexity index is 1040. The topological polar surface area (TPSA) is 123 Å². The first-order valence-corrected chi connectivity index (χ1v) is 11.2. The minimum atomic E-state index is -3.93. The van der Waals surface area contributed by atoms with Gasteiger partial charge in [-0.2, -0.15) is 0 Å². The Morgan fingerprint density at radius 1 is 1.03 bits per heavy atom. The van der Waals surface area contributed by atoms with E-state index in [1.165, 1.54) is 24.3 Å². The number of hydrogen-bond acceptors (Lipinski definition) is 7. The van der Waals surface area contributed by atoms with Crippen LogP contribution < -0.4 is 20.1 Å². The van der Waals surface area contributed by atoms with E-state index in [0.29, 0.717) is 36.8 Å². The molecule has 0 aromatic heterocycles. The zero-order valence-electron chi connectivity index (χ0n) is 17.0. The van der Waals surface area contributed by atoms with Gasteiger partial charge in [0, 0.05) is 19.2 Å². The van der Waals surface area contributed by atoms with Crippen molar-refractivity contribution in [3.05, 3.63) is 54.1 Å². The molecule has 0 bridgehead atoms. The second-order valence-electron chi connectivity index (χ2n) is 6.14. The largest absolute Gasteiger partial charge is 0.490 e. The maximum atomic E-state index is 12.6. The maximum absolute atomic E-state index is 12.6. The van der Waals surface area contributed by atoms with Crippen LogP contribution in [0, 0.1) is 0 Å². The molecule has 0 aliphatic heterocycles. The Morgan fingerprint density at radius 3 is 2.35 bits per heavy atom. The first-order chi connectivity index (χ1) is 14.7. The second-order valence-corrected chi connectivity index (χ2v) is 8.23. The lowest BCUT2D eigenvalue weighted by molar-refractivity contribution is -0.117. The number of amides is 2. The van der Waals surface area contributed by atoms with E-state index in [-0.39, 0.29) is 10.0 Å². The van der Waals surface area contributed by atoms with E-state index >= 15 is 0 Å². The molecule has 0 saturated heterocycles. The SMILES string of the molecule is CCOCCOc1ccccc1C(=O)NC(=S)Nc1ccc(S(=O)(=O)NC(C)=O)cc1. The van der Waals surface area contributed by atoms with Crippen LogP contribution in [0.3, 0.4) is 0 Å². The third-order valence-corrected chi connectivity index (χ3v) is 5.40. The van der Waals surface area contributed by atoms with Gasteiger partial charge in [0.05, 0.1) is 17.1 Å². The standard InChI is InChI=1S/C20H23N3O6S2/c1-3-28-12-13-29-18-7-5-4-6-17(18)19(25)22-20(30)21-15-8-10-16(11-9-15)31(26,27)23-14(2)24/h4-11H,3,12-13H2,1-2H3,(H,23,24)(H2,21,22,25,30). The van der Waals surface area contributed by atoms with Crippen molar-refractivity contribution in [2.24, 2.45) is 0 Å². The Labute approximate surface area is 186 Å². The van der Waals surface area contributed by atoms with Crippen molar-refractivity contribution in [1.29, 1.82) is 0 Å². The van der Waals surface area contributed by atoms with Gasteiger partial charge in [-0.3, -0.25) is 14.9 Å². The number of carbonyl (C=O) groups excluding carboxylic acids is 2. The van der Waals surface area contributed by atoms with Crippen LogP contribution >= 0.6 is 12.2 Å². The summed E-state index contributed by atoms with van der Waals surface area (Å²) in [5, 5.41) is 5.37. The molecule has 0 radical (unpaired) electrons. The Balaban J connectivity index is 1.99. The molecule has 2 rings (SSSR count). The fourth-order valence-electron chi connectivity index (χ4n) is 2.43. The van der Waals surface area contributed by atoms with Crippen LogP contribution in [-0.4, -0.2) is 45.2 Å². The quantitative estimate of drug-likeness (QED) is 0.380. The molecule has 166 valence electrons. The first-order valence-electron chi connectivity index (χ1n) is 9.28. The molecule has 31 heavy (non-hydrogen) atoms. The molecule has 11 heteroatoms. The van der Waals surface area contributed by atoms with E-state index in [2.05, 4.69) is 10.6 Å². The molecule has 0 aliphatic carbocycles. The summed E-state index contributed by atoms with van der Waals surface area (Å²) in [7, 11) is -3.93. The molecule has 0 saturated carbocycles. The van der Waals surface area contributed by atoms with Gasteiger partial charge in [-0.05, 0) is 55.5 Å². The molecular formula is C20H23N3O6S2. The zero-order chi connectivity index (χ0) is 22.9. The molecule has 0 unspecified atom stereocenters. The molecule has 0 fully saturated rings. The van der Waals surface area contributed by atoms with Crippen molar-refractivity contribution in [2.75, 3.05) is 25.1 Å². The van der Waals surface area contributed by atoms with Crippen molar-refractivity contribution in [2.45, 2.75) is 18.7 Å². The Kier molecular flexibility index (Phi) is 8.91. The molecule has 2 aromatic carbocycles. The number of para-hydroxylation sites is 1. The summed E-state index contributed by atoms with van der Waals surface area (Å²) >= 11 is 5.16. The highest BCUT2D eigenvalue weighted by atomic mass is 32.2. The second kappa shape index (κ2) is 11.4. The lowest BCUT2D eigenvalue weighted by Crippen LogP contribution is -2.34. The summed E-state index contributed by atoms with van der Waals surface area (Å²) in [6.45, 7) is 4.27. The highest BCUT2D eigenvalue weighted by Gasteiger charge is 2.16. The predicted octanol–water partition coefficient (Wildman–Crippen LogP) is 2.05. The minimum absolute atomic E-state index is 0.0200. The summed E-state index contributed by atoms with van der Waals surface area (Å²) in [5.41, 5.74) is 0.758. The van der Waals surface area contributed by atoms with Crippen LogP contribution in [0.2, 0.25) is 0 Å². The Hall–Kier alpha value is -3.02. The number of benzene rings is 2. The number of anilines is 1. The third-order valence-electron chi connectivity index (χ3n) is 3.75. The number of thiocarbonyl (C=S) groups is 1. The summed E-state index contributed by atoms with van der Waals surface area (Å²) in [6.07, 6.45) is 0. The van der Waals surface area contributed by atoms with Gasteiger partial charge in [-0.15, -0.1) is 0 Å². The van der Waals surface area contributed by atoms with Crippen LogP contribution in [0.15, 0.2) is 53.4 Å². The average Bonchev–Trinajstić information content (AvgIpc) is 2.71. The van der Waals surface area contributed by atoms with Gasteiger partial charge in [0.15, 0.2) is 5.11 Å². The van der Waals surface area contributed by atoms with E-state index < -0.39 is 21.8 Å². The Morgan fingerprint density at radius 2 is 1.71 bits per heavy atom. The molecule has 9 nitrogen and oxygen atoms in total. The highest BCUT2D eigenvalue weighted by molar-refractivity contribution is 7.90. The molecule has 2 amide bonds. The smallest absolute Gasteiger partial charge is 0.264 e. The predicted molar refractivity (Wildman–Crippen MR) is 120 cm³/mol. The summed E-state index contributed by atoms with van der Waals surface area (Å²) in [6, 6.07) is 12.3. The highest BCUT2D eigenvalue weighted by Crippen LogP contribution is 2.18. The van der Waals surface area contributed by atoms with E-state index in [9.17, 15) is 18.0 Å². The van der Waals surface area contributed by atoms with Gasteiger partial charge < -0.3 is 14.8 Å². The van der Waals surface area contributed by atoms with Gasteiger partial charge in [-0.25, -0.2) is 13.1 Å². The molecular weight excluding hydrogens is 442 g/mol. The number of ether oxygens (including phenoxy) is 2. The monoisotopic (exact) mass is 465 g/mol. The summed E-state index contributed by atoms with van der Waals surface area (Å²) in [4.78, 5) is 23.5. The van der Waals surface area contributed by atoms with Crippen molar-refractivity contribution in [3.63, 3.8) is 0 Å². The van der Waals surface area contributed by atoms with Gasteiger partial charge in [-0.1, -0.05) is 12.1 Å². The molecule has 0 spiro atoms. The molecule has 0 aliphatic rings. The van der Waals surface area contributed by atoms with Gasteiger partial charge in [0.25, 0.3) is 15.9 Å². The first kappa shape index (κ1) is 24.3. The lowest BCUT2D eigenvalue weighted by Gasteiger charge is -2.13. The fourth-order valence-corrected chi connectivity index (χ4v) is 3.63. The van der Waals surface area contributed by atoms with Crippen molar-refractivity contribution in [1.82, 2.24) is 10.0 Å². The van der Waals surface area contributed by atoms with Crippen LogP contribution in [0.1, 0.15) is 24.2 Å². The average molecular weight is 466 g/mol. The lowest BCUT2D eigenvalue weighted by atomic mass is 10.2. The normalized spacial score (nSPS) is 10.8. The van der Waals surface area contributed by atoms with E-state index in [1.54, 1.807) is 24.3 Å². The van der Waals surface area contributed by atoms with E-state index in [1.807, 2.05) is 11.6 Å². The van der Waals surface area contributed by atoms with Crippen LogP contribution in [-0.2, 0) is 19.6 Å². The number of rotatable bonds is 9. The van der Waals surface area contributed by atoms with Crippen molar-refractivity contribution >= 4 is 44.9 Å². The number of sulfonamides is 1. The van der Waals surface area contributed by atoms with E-state index in [0.717, 1.165) is 6.92 Å². The number of hydrogen-bond donors (Lipinski definition) is 3. The van der Waals surface area contributed by atoms with Gasteiger partial charge in [0.1, 0.15) is 12.4 Å². The van der Waals surface area contributed by atoms with E-state index in [4.69, 9.17) is 21.7 Å². The van der Waals surface area contributed by atoms with Gasteiger partial charge in [0.2, 0.25) is 5.91 Å². The molecule has 2 aromatic rings. The zero-order valence-corrected chi connectivity index (χ0v) is 18.6. The minimum Gasteiger partial charge on any atom is -0.490 e.